The van der Waals surface area contributed by atoms with E-state index in [4.69, 9.17) is 11.6 Å². The SMILES string of the molecule is O=C1CCN(c2cccc(C3=C/C=C\C([I-]C4=C/C=C\C=C/C=C\4)=C/C=C\3)c2Cl)C(=O)N1. The summed E-state index contributed by atoms with van der Waals surface area (Å²) in [7, 11) is 0. The standard InChI is InChI=1S/C26H21ClIN2O2/c27-25-22(15-8-16-23(25)30-18-17-24(31)29-26(30)32)19-9-6-13-21(14-7-10-19)28-20-11-4-2-1-3-5-12-20/h1-16H,17-18H2,(H,29,31,32)/q-1/b2-1-,3-1?,4-2?,5-3-,9-6-,10-7?,11-4-,12-5?,13-6?,14-7-,19-9?,19-10+,20-11?,20-12+,21-13+,21-14?. The van der Waals surface area contributed by atoms with Gasteiger partial charge in [0.05, 0.1) is 0 Å². The van der Waals surface area contributed by atoms with Gasteiger partial charge < -0.3 is 0 Å². The molecule has 1 aromatic rings. The third-order valence-electron chi connectivity index (χ3n) is 4.87. The monoisotopic (exact) mass is 555 g/mol. The molecular formula is C26H21ClIN2O2-. The van der Waals surface area contributed by atoms with Crippen LogP contribution in [-0.2, 0) is 4.79 Å². The number of hydrogen-bond donors (Lipinski definition) is 1. The Bertz CT molecular complexity index is 1180. The fraction of sp³-hybridized carbons (Fsp3) is 0.0769. The summed E-state index contributed by atoms with van der Waals surface area (Å²) in [5.74, 6) is -0.266. The molecule has 1 heterocycles. The number of allylic oxidation sites excluding steroid dienone is 16. The van der Waals surface area contributed by atoms with E-state index in [9.17, 15) is 9.59 Å². The predicted molar refractivity (Wildman–Crippen MR) is 127 cm³/mol. The van der Waals surface area contributed by atoms with Crippen LogP contribution < -0.4 is 31.4 Å². The minimum absolute atomic E-state index is 0.256. The van der Waals surface area contributed by atoms with Crippen molar-refractivity contribution in [2.24, 2.45) is 0 Å². The Morgan fingerprint density at radius 1 is 0.844 bits per heavy atom. The van der Waals surface area contributed by atoms with Crippen molar-refractivity contribution >= 4 is 34.8 Å². The van der Waals surface area contributed by atoms with Gasteiger partial charge in [-0.3, -0.25) is 4.79 Å². The summed E-state index contributed by atoms with van der Waals surface area (Å²) in [6, 6.07) is 5.17. The Balaban J connectivity index is 1.54. The molecule has 0 bridgehead atoms. The molecule has 162 valence electrons. The molecule has 1 fully saturated rings. The van der Waals surface area contributed by atoms with Crippen LogP contribution in [0.25, 0.3) is 5.57 Å². The zero-order valence-corrected chi connectivity index (χ0v) is 20.1. The number of urea groups is 1. The molecule has 0 atom stereocenters. The number of carbonyl (C=O) groups is 2. The van der Waals surface area contributed by atoms with Gasteiger partial charge in [0.2, 0.25) is 0 Å². The number of anilines is 1. The van der Waals surface area contributed by atoms with E-state index >= 15 is 0 Å². The second-order valence-electron chi connectivity index (χ2n) is 7.06. The zero-order chi connectivity index (χ0) is 22.3. The van der Waals surface area contributed by atoms with Crippen molar-refractivity contribution in [1.29, 1.82) is 0 Å². The third-order valence-corrected chi connectivity index (χ3v) is 7.95. The van der Waals surface area contributed by atoms with Crippen LogP contribution in [0.4, 0.5) is 10.5 Å². The second-order valence-corrected chi connectivity index (χ2v) is 10.5. The van der Waals surface area contributed by atoms with Crippen molar-refractivity contribution in [3.8, 4) is 0 Å². The predicted octanol–water partition coefficient (Wildman–Crippen LogP) is 2.83. The van der Waals surface area contributed by atoms with Gasteiger partial charge in [-0.25, -0.2) is 0 Å². The Kier molecular flexibility index (Phi) is 7.39. The van der Waals surface area contributed by atoms with Crippen molar-refractivity contribution in [2.45, 2.75) is 6.42 Å². The molecule has 1 saturated heterocycles. The number of carbonyl (C=O) groups excluding carboxylic acids is 2. The molecular weight excluding hydrogens is 535 g/mol. The van der Waals surface area contributed by atoms with Gasteiger partial charge in [0.25, 0.3) is 0 Å². The molecule has 3 aliphatic rings. The summed E-state index contributed by atoms with van der Waals surface area (Å²) in [5.41, 5.74) is 2.39. The average Bonchev–Trinajstić information content (AvgIpc) is 2.72. The fourth-order valence-corrected chi connectivity index (χ4v) is 5.92. The first-order chi connectivity index (χ1) is 15.6. The van der Waals surface area contributed by atoms with Gasteiger partial charge in [-0.2, -0.15) is 0 Å². The van der Waals surface area contributed by atoms with Gasteiger partial charge in [0, 0.05) is 0 Å². The van der Waals surface area contributed by atoms with E-state index in [-0.39, 0.29) is 33.5 Å². The first kappa shape index (κ1) is 22.3. The maximum atomic E-state index is 12.3. The fourth-order valence-electron chi connectivity index (χ4n) is 3.32. The normalized spacial score (nSPS) is 28.3. The molecule has 3 amide bonds. The molecule has 2 aliphatic carbocycles. The van der Waals surface area contributed by atoms with E-state index < -0.39 is 6.03 Å². The minimum atomic E-state index is -0.443. The van der Waals surface area contributed by atoms with E-state index in [1.54, 1.807) is 6.07 Å². The summed E-state index contributed by atoms with van der Waals surface area (Å²) >= 11 is 6.42. The van der Waals surface area contributed by atoms with Crippen LogP contribution in [0.3, 0.4) is 0 Å². The van der Waals surface area contributed by atoms with Crippen molar-refractivity contribution in [3.63, 3.8) is 0 Å². The molecule has 1 N–H and O–H groups in total. The quantitative estimate of drug-likeness (QED) is 0.581. The number of halogens is 2. The second kappa shape index (κ2) is 10.6. The van der Waals surface area contributed by atoms with E-state index in [0.717, 1.165) is 11.1 Å². The first-order valence-electron chi connectivity index (χ1n) is 10.2. The number of amides is 3. The molecule has 32 heavy (non-hydrogen) atoms. The number of nitrogens with one attached hydrogen (secondary N) is 1. The van der Waals surface area contributed by atoms with E-state index in [0.29, 0.717) is 17.3 Å². The summed E-state index contributed by atoms with van der Waals surface area (Å²) < 4.78 is 2.64. The van der Waals surface area contributed by atoms with Crippen LogP contribution in [0.2, 0.25) is 5.02 Å². The summed E-state index contributed by atoms with van der Waals surface area (Å²) in [6.45, 7) is 0.313. The molecule has 0 saturated carbocycles. The molecule has 6 heteroatoms. The Labute approximate surface area is 203 Å². The average molecular weight is 556 g/mol. The number of imide groups is 1. The molecule has 1 aromatic carbocycles. The van der Waals surface area contributed by atoms with Crippen molar-refractivity contribution in [2.75, 3.05) is 11.4 Å². The van der Waals surface area contributed by atoms with Gasteiger partial charge in [0.15, 0.2) is 0 Å². The molecule has 0 unspecified atom stereocenters. The molecule has 0 spiro atoms. The zero-order valence-electron chi connectivity index (χ0n) is 17.2. The van der Waals surface area contributed by atoms with Crippen LogP contribution in [0, 0.1) is 0 Å². The number of nitrogens with zero attached hydrogens (tertiary/aromatic N) is 1. The first-order valence-corrected chi connectivity index (χ1v) is 12.7. The molecule has 0 radical (unpaired) electrons. The summed E-state index contributed by atoms with van der Waals surface area (Å²) in [6.07, 6.45) is 27.3. The summed E-state index contributed by atoms with van der Waals surface area (Å²) in [5, 5.41) is 2.83. The van der Waals surface area contributed by atoms with Gasteiger partial charge in [-0.1, -0.05) is 0 Å². The maximum absolute atomic E-state index is 12.3. The van der Waals surface area contributed by atoms with Crippen molar-refractivity contribution in [3.05, 3.63) is 115 Å². The van der Waals surface area contributed by atoms with Gasteiger partial charge >= 0.3 is 199 Å². The van der Waals surface area contributed by atoms with E-state index in [1.807, 2.05) is 54.7 Å². The van der Waals surface area contributed by atoms with Crippen LogP contribution in [0.5, 0.6) is 0 Å². The molecule has 4 rings (SSSR count). The van der Waals surface area contributed by atoms with E-state index in [1.165, 1.54) is 12.1 Å². The third kappa shape index (κ3) is 5.47. The number of hydrogen-bond acceptors (Lipinski definition) is 2. The molecule has 0 aromatic heterocycles. The summed E-state index contributed by atoms with van der Waals surface area (Å²) in [4.78, 5) is 25.2. The number of benzene rings is 1. The Morgan fingerprint density at radius 2 is 1.56 bits per heavy atom. The Morgan fingerprint density at radius 3 is 2.41 bits per heavy atom. The van der Waals surface area contributed by atoms with Gasteiger partial charge in [-0.15, -0.1) is 0 Å². The molecule has 1 aliphatic heterocycles. The van der Waals surface area contributed by atoms with E-state index in [2.05, 4.69) is 41.8 Å². The van der Waals surface area contributed by atoms with Crippen LogP contribution in [0.1, 0.15) is 12.0 Å². The van der Waals surface area contributed by atoms with Gasteiger partial charge in [0.1, 0.15) is 0 Å². The van der Waals surface area contributed by atoms with Crippen LogP contribution >= 0.6 is 11.6 Å². The number of rotatable bonds is 4. The van der Waals surface area contributed by atoms with Gasteiger partial charge in [-0.05, 0) is 0 Å². The van der Waals surface area contributed by atoms with Crippen molar-refractivity contribution < 1.29 is 30.8 Å². The Hall–Kier alpha value is -2.90. The van der Waals surface area contributed by atoms with Crippen LogP contribution in [0.15, 0.2) is 104 Å². The topological polar surface area (TPSA) is 49.4 Å². The molecule has 4 nitrogen and oxygen atoms in total. The van der Waals surface area contributed by atoms with Crippen molar-refractivity contribution in [1.82, 2.24) is 5.32 Å². The van der Waals surface area contributed by atoms with Crippen LogP contribution in [-0.4, -0.2) is 18.5 Å².